The second-order valence-electron chi connectivity index (χ2n) is 11.3. The predicted octanol–water partition coefficient (Wildman–Crippen LogP) is 11.2. The van der Waals surface area contributed by atoms with Gasteiger partial charge < -0.3 is 5.32 Å². The number of fused-ring (bicyclic) bond motifs is 1. The van der Waals surface area contributed by atoms with Crippen LogP contribution in [0.5, 0.6) is 0 Å². The summed E-state index contributed by atoms with van der Waals surface area (Å²) in [7, 11) is 1.93. The van der Waals surface area contributed by atoms with E-state index in [0.717, 1.165) is 66.9 Å². The maximum atomic E-state index is 5.17. The van der Waals surface area contributed by atoms with E-state index in [0.29, 0.717) is 17.5 Å². The standard InChI is InChI=1S/C42H34N6.C2H6/c1-4-14-28(5-2)37-26-35(43-3)27-38(45-37)32-23-33(39-36-20-13-12-15-29(36)21-22-44-39)25-34(24-32)42-47-40(30-16-8-6-9-17-30)46-41(48-42)31-18-10-7-11-19-31;1-2/h4-27H,1-3H3,(H,43,45);1-2H3/b14-4-,28-5+;. The van der Waals surface area contributed by atoms with E-state index in [1.807, 2.05) is 126 Å². The monoisotopic (exact) mass is 652 g/mol. The maximum absolute atomic E-state index is 5.17. The van der Waals surface area contributed by atoms with Gasteiger partial charge in [-0.25, -0.2) is 19.9 Å². The smallest absolute Gasteiger partial charge is 0.164 e. The van der Waals surface area contributed by atoms with E-state index in [1.165, 1.54) is 0 Å². The van der Waals surface area contributed by atoms with Crippen LogP contribution in [0.3, 0.4) is 0 Å². The Morgan fingerprint density at radius 1 is 0.580 bits per heavy atom. The van der Waals surface area contributed by atoms with Crippen molar-refractivity contribution in [1.29, 1.82) is 0 Å². The highest BCUT2D eigenvalue weighted by Gasteiger charge is 2.17. The lowest BCUT2D eigenvalue weighted by atomic mass is 9.97. The Morgan fingerprint density at radius 2 is 1.16 bits per heavy atom. The SMILES string of the molecule is C/C=C\C(=C/C)c1cc(NC)cc(-c2cc(-c3nc(-c4ccccc4)nc(-c4ccccc4)n3)cc(-c3nccc4ccccc34)c2)n1.CC. The minimum absolute atomic E-state index is 0.569. The number of benzene rings is 4. The van der Waals surface area contributed by atoms with Gasteiger partial charge in [-0.15, -0.1) is 0 Å². The van der Waals surface area contributed by atoms with Gasteiger partial charge in [-0.1, -0.05) is 117 Å². The summed E-state index contributed by atoms with van der Waals surface area (Å²) in [5, 5.41) is 5.51. The molecule has 0 saturated carbocycles. The molecule has 7 aromatic rings. The molecule has 0 unspecified atom stereocenters. The summed E-state index contributed by atoms with van der Waals surface area (Å²) in [4.78, 5) is 25.1. The molecule has 3 aromatic heterocycles. The number of anilines is 1. The average molecular weight is 653 g/mol. The zero-order valence-corrected chi connectivity index (χ0v) is 29.1. The topological polar surface area (TPSA) is 76.5 Å². The van der Waals surface area contributed by atoms with E-state index in [2.05, 4.69) is 59.9 Å². The first-order chi connectivity index (χ1) is 24.6. The van der Waals surface area contributed by atoms with Crippen LogP contribution in [0.25, 0.3) is 73.0 Å². The zero-order valence-electron chi connectivity index (χ0n) is 29.1. The number of rotatable bonds is 8. The number of allylic oxidation sites excluding steroid dienone is 4. The number of hydrogen-bond acceptors (Lipinski definition) is 6. The van der Waals surface area contributed by atoms with E-state index in [4.69, 9.17) is 24.9 Å². The van der Waals surface area contributed by atoms with Crippen molar-refractivity contribution in [2.24, 2.45) is 0 Å². The lowest BCUT2D eigenvalue weighted by Gasteiger charge is -2.14. The molecule has 0 fully saturated rings. The van der Waals surface area contributed by atoms with Crippen LogP contribution in [-0.2, 0) is 0 Å². The highest BCUT2D eigenvalue weighted by molar-refractivity contribution is 5.96. The molecular weight excluding hydrogens is 613 g/mol. The minimum atomic E-state index is 0.569. The molecule has 3 heterocycles. The number of pyridine rings is 2. The van der Waals surface area contributed by atoms with E-state index in [1.54, 1.807) is 0 Å². The Hall–Kier alpha value is -6.27. The lowest BCUT2D eigenvalue weighted by Crippen LogP contribution is -2.01. The molecule has 0 atom stereocenters. The fourth-order valence-electron chi connectivity index (χ4n) is 5.81. The molecule has 6 nitrogen and oxygen atoms in total. The van der Waals surface area contributed by atoms with Crippen molar-refractivity contribution >= 4 is 22.0 Å². The third kappa shape index (κ3) is 7.25. The number of hydrogen-bond donors (Lipinski definition) is 1. The first kappa shape index (κ1) is 33.6. The normalized spacial score (nSPS) is 11.3. The summed E-state index contributed by atoms with van der Waals surface area (Å²) in [6, 6.07) is 41.0. The van der Waals surface area contributed by atoms with Gasteiger partial charge in [0.25, 0.3) is 0 Å². The molecule has 7 rings (SSSR count). The molecule has 0 aliphatic rings. The molecule has 0 saturated heterocycles. The summed E-state index contributed by atoms with van der Waals surface area (Å²) in [5.41, 5.74) is 9.14. The fourth-order valence-corrected chi connectivity index (χ4v) is 5.81. The van der Waals surface area contributed by atoms with Crippen LogP contribution in [-0.4, -0.2) is 32.0 Å². The van der Waals surface area contributed by atoms with Crippen LogP contribution < -0.4 is 5.32 Å². The second-order valence-corrected chi connectivity index (χ2v) is 11.3. The molecular formula is C44H40N6. The summed E-state index contributed by atoms with van der Waals surface area (Å²) >= 11 is 0. The fraction of sp³-hybridized carbons (Fsp3) is 0.114. The van der Waals surface area contributed by atoms with Crippen molar-refractivity contribution in [1.82, 2.24) is 24.9 Å². The van der Waals surface area contributed by atoms with Crippen LogP contribution in [0.2, 0.25) is 0 Å². The van der Waals surface area contributed by atoms with E-state index < -0.39 is 0 Å². The van der Waals surface area contributed by atoms with Crippen molar-refractivity contribution in [3.63, 3.8) is 0 Å². The van der Waals surface area contributed by atoms with Crippen LogP contribution in [0.15, 0.2) is 146 Å². The Morgan fingerprint density at radius 3 is 1.78 bits per heavy atom. The van der Waals surface area contributed by atoms with E-state index >= 15 is 0 Å². The number of aromatic nitrogens is 5. The van der Waals surface area contributed by atoms with Crippen molar-refractivity contribution in [2.75, 3.05) is 12.4 Å². The van der Waals surface area contributed by atoms with Gasteiger partial charge in [-0.2, -0.15) is 0 Å². The number of nitrogens with zero attached hydrogens (tertiary/aromatic N) is 5. The highest BCUT2D eigenvalue weighted by atomic mass is 15.0. The summed E-state index contributed by atoms with van der Waals surface area (Å²) < 4.78 is 0. The van der Waals surface area contributed by atoms with Gasteiger partial charge in [0.1, 0.15) is 0 Å². The van der Waals surface area contributed by atoms with Crippen molar-refractivity contribution in [2.45, 2.75) is 27.7 Å². The van der Waals surface area contributed by atoms with Crippen molar-refractivity contribution < 1.29 is 0 Å². The predicted molar refractivity (Wildman–Crippen MR) is 209 cm³/mol. The van der Waals surface area contributed by atoms with Crippen LogP contribution in [0.1, 0.15) is 33.4 Å². The summed E-state index contributed by atoms with van der Waals surface area (Å²) in [6.07, 6.45) is 8.05. The molecule has 0 spiro atoms. The Kier molecular flexibility index (Phi) is 10.6. The number of nitrogens with one attached hydrogen (secondary N) is 1. The van der Waals surface area contributed by atoms with Crippen LogP contribution in [0, 0.1) is 0 Å². The van der Waals surface area contributed by atoms with Gasteiger partial charge in [-0.3, -0.25) is 4.98 Å². The van der Waals surface area contributed by atoms with E-state index in [9.17, 15) is 0 Å². The van der Waals surface area contributed by atoms with E-state index in [-0.39, 0.29) is 0 Å². The molecule has 6 heteroatoms. The molecule has 4 aromatic carbocycles. The van der Waals surface area contributed by atoms with Gasteiger partial charge >= 0.3 is 0 Å². The second kappa shape index (κ2) is 15.8. The summed E-state index contributed by atoms with van der Waals surface area (Å²) in [6.45, 7) is 8.05. The summed E-state index contributed by atoms with van der Waals surface area (Å²) in [5.74, 6) is 1.78. The molecule has 50 heavy (non-hydrogen) atoms. The average Bonchev–Trinajstić information content (AvgIpc) is 3.20. The zero-order chi connectivity index (χ0) is 34.9. The van der Waals surface area contributed by atoms with Gasteiger partial charge in [-0.05, 0) is 61.2 Å². The molecule has 0 aliphatic heterocycles. The van der Waals surface area contributed by atoms with Crippen LogP contribution >= 0.6 is 0 Å². The maximum Gasteiger partial charge on any atom is 0.164 e. The third-order valence-electron chi connectivity index (χ3n) is 8.20. The molecule has 0 amide bonds. The third-order valence-corrected chi connectivity index (χ3v) is 8.20. The Balaban J connectivity index is 0.00000212. The quantitative estimate of drug-likeness (QED) is 0.165. The van der Waals surface area contributed by atoms with Gasteiger partial charge in [0.15, 0.2) is 17.5 Å². The minimum Gasteiger partial charge on any atom is -0.388 e. The van der Waals surface area contributed by atoms with Gasteiger partial charge in [0.05, 0.1) is 17.1 Å². The Labute approximate surface area is 294 Å². The van der Waals surface area contributed by atoms with Crippen molar-refractivity contribution in [3.8, 4) is 56.7 Å². The first-order valence-electron chi connectivity index (χ1n) is 17.0. The first-order valence-corrected chi connectivity index (χ1v) is 17.0. The van der Waals surface area contributed by atoms with Crippen molar-refractivity contribution in [3.05, 3.63) is 151 Å². The molecule has 0 radical (unpaired) electrons. The molecule has 1 N–H and O–H groups in total. The molecule has 0 aliphatic carbocycles. The molecule has 246 valence electrons. The Bertz CT molecular complexity index is 2230. The largest absolute Gasteiger partial charge is 0.388 e. The van der Waals surface area contributed by atoms with Gasteiger partial charge in [0.2, 0.25) is 0 Å². The van der Waals surface area contributed by atoms with Gasteiger partial charge in [0, 0.05) is 52.1 Å². The lowest BCUT2D eigenvalue weighted by molar-refractivity contribution is 1.07. The molecule has 0 bridgehead atoms. The van der Waals surface area contributed by atoms with Crippen LogP contribution in [0.4, 0.5) is 5.69 Å². The highest BCUT2D eigenvalue weighted by Crippen LogP contribution is 2.36.